The number of esters is 1. The molecule has 0 aliphatic carbocycles. The first-order valence-corrected chi connectivity index (χ1v) is 11.3. The number of ether oxygens (including phenoxy) is 2. The van der Waals surface area contributed by atoms with Crippen molar-refractivity contribution in [1.82, 2.24) is 19.8 Å². The molecular weight excluding hydrogens is 436 g/mol. The fourth-order valence-corrected chi connectivity index (χ4v) is 4.80. The van der Waals surface area contributed by atoms with Crippen LogP contribution >= 0.6 is 12.2 Å². The van der Waals surface area contributed by atoms with E-state index in [9.17, 15) is 4.79 Å². The molecule has 1 aromatic carbocycles. The van der Waals surface area contributed by atoms with Crippen molar-refractivity contribution in [2.24, 2.45) is 0 Å². The maximum Gasteiger partial charge on any atom is 0.325 e. The summed E-state index contributed by atoms with van der Waals surface area (Å²) in [5.74, 6) is 0.482. The molecular formula is C25H28N4O3S. The van der Waals surface area contributed by atoms with E-state index in [4.69, 9.17) is 21.7 Å². The van der Waals surface area contributed by atoms with E-state index < -0.39 is 0 Å². The lowest BCUT2D eigenvalue weighted by atomic mass is 9.97. The van der Waals surface area contributed by atoms with Gasteiger partial charge in [0.15, 0.2) is 5.11 Å². The van der Waals surface area contributed by atoms with Crippen molar-refractivity contribution in [2.45, 2.75) is 32.9 Å². The zero-order valence-corrected chi connectivity index (χ0v) is 20.1. The topological polar surface area (TPSA) is 68.6 Å². The summed E-state index contributed by atoms with van der Waals surface area (Å²) < 4.78 is 12.8. The van der Waals surface area contributed by atoms with Crippen molar-refractivity contribution < 1.29 is 14.3 Å². The van der Waals surface area contributed by atoms with Gasteiger partial charge < -0.3 is 24.3 Å². The van der Waals surface area contributed by atoms with Crippen LogP contribution in [0.3, 0.4) is 0 Å². The molecule has 1 fully saturated rings. The number of pyridine rings is 1. The van der Waals surface area contributed by atoms with E-state index in [2.05, 4.69) is 40.8 Å². The molecule has 1 aliphatic heterocycles. The van der Waals surface area contributed by atoms with Crippen molar-refractivity contribution in [3.05, 3.63) is 77.4 Å². The molecule has 0 bridgehead atoms. The summed E-state index contributed by atoms with van der Waals surface area (Å²) >= 11 is 5.66. The van der Waals surface area contributed by atoms with E-state index in [1.54, 1.807) is 20.2 Å². The minimum Gasteiger partial charge on any atom is -0.497 e. The first-order chi connectivity index (χ1) is 15.9. The van der Waals surface area contributed by atoms with Crippen LogP contribution in [0.25, 0.3) is 5.69 Å². The van der Waals surface area contributed by atoms with E-state index in [0.717, 1.165) is 34.1 Å². The summed E-state index contributed by atoms with van der Waals surface area (Å²) in [5, 5.41) is 3.90. The quantitative estimate of drug-likeness (QED) is 0.418. The summed E-state index contributed by atoms with van der Waals surface area (Å²) in [6.07, 6.45) is 1.77. The van der Waals surface area contributed by atoms with Crippen molar-refractivity contribution in [2.75, 3.05) is 20.3 Å². The van der Waals surface area contributed by atoms with Gasteiger partial charge >= 0.3 is 5.97 Å². The molecule has 2 aromatic heterocycles. The van der Waals surface area contributed by atoms with Crippen LogP contribution in [0.5, 0.6) is 5.75 Å². The molecule has 2 unspecified atom stereocenters. The number of methoxy groups -OCH3 is 1. The average molecular weight is 465 g/mol. The Hall–Kier alpha value is -3.39. The smallest absolute Gasteiger partial charge is 0.325 e. The zero-order valence-electron chi connectivity index (χ0n) is 19.2. The molecule has 172 valence electrons. The summed E-state index contributed by atoms with van der Waals surface area (Å²) in [4.78, 5) is 18.9. The molecule has 0 radical (unpaired) electrons. The molecule has 2 atom stereocenters. The van der Waals surface area contributed by atoms with Crippen LogP contribution in [-0.2, 0) is 9.53 Å². The fraction of sp³-hybridized carbons (Fsp3) is 0.320. The molecule has 0 amide bonds. The van der Waals surface area contributed by atoms with Crippen molar-refractivity contribution >= 4 is 23.3 Å². The third kappa shape index (κ3) is 4.43. The van der Waals surface area contributed by atoms with Gasteiger partial charge in [-0.05, 0) is 68.9 Å². The van der Waals surface area contributed by atoms with Gasteiger partial charge in [0, 0.05) is 29.3 Å². The minimum absolute atomic E-state index is 0.0660. The number of aromatic nitrogens is 2. The monoisotopic (exact) mass is 464 g/mol. The number of nitrogens with zero attached hydrogens (tertiary/aromatic N) is 3. The summed E-state index contributed by atoms with van der Waals surface area (Å²) in [7, 11) is 1.66. The lowest BCUT2D eigenvalue weighted by Gasteiger charge is -2.27. The number of hydrogen-bond acceptors (Lipinski definition) is 5. The second-order valence-corrected chi connectivity index (χ2v) is 8.31. The van der Waals surface area contributed by atoms with Crippen molar-refractivity contribution in [3.8, 4) is 11.4 Å². The SMILES string of the molecule is CCOC(=O)CN1C(=S)NC(c2ccccn2)C1c1cc(C)n(-c2cccc(OC)c2)c1C. The Morgan fingerprint density at radius 1 is 1.18 bits per heavy atom. The van der Waals surface area contributed by atoms with Gasteiger partial charge in [0.25, 0.3) is 0 Å². The van der Waals surface area contributed by atoms with Gasteiger partial charge in [-0.1, -0.05) is 12.1 Å². The second-order valence-electron chi connectivity index (χ2n) is 7.92. The van der Waals surface area contributed by atoms with Gasteiger partial charge in [0.05, 0.1) is 31.5 Å². The number of benzene rings is 1. The van der Waals surface area contributed by atoms with Crippen molar-refractivity contribution in [1.29, 1.82) is 0 Å². The summed E-state index contributed by atoms with van der Waals surface area (Å²) in [6.45, 7) is 6.35. The Morgan fingerprint density at radius 2 is 2.00 bits per heavy atom. The van der Waals surface area contributed by atoms with E-state index in [1.165, 1.54) is 0 Å². The van der Waals surface area contributed by atoms with Crippen LogP contribution in [0.15, 0.2) is 54.7 Å². The zero-order chi connectivity index (χ0) is 23.5. The normalized spacial score (nSPS) is 17.7. The molecule has 0 spiro atoms. The van der Waals surface area contributed by atoms with Crippen LogP contribution in [0.1, 0.15) is 41.7 Å². The number of carbonyl (C=O) groups is 1. The first-order valence-electron chi connectivity index (χ1n) is 10.9. The predicted molar refractivity (Wildman–Crippen MR) is 131 cm³/mol. The molecule has 7 nitrogen and oxygen atoms in total. The standard InChI is InChI=1S/C25H28N4O3S/c1-5-32-22(30)15-28-24(23(27-25(28)33)21-11-6-7-12-26-21)20-13-16(2)29(17(20)3)18-9-8-10-19(14-18)31-4/h6-14,23-24H,5,15H2,1-4H3,(H,27,33). The maximum absolute atomic E-state index is 12.4. The largest absolute Gasteiger partial charge is 0.497 e. The number of thiocarbonyl (C=S) groups is 1. The van der Waals surface area contributed by atoms with Crippen LogP contribution in [0.2, 0.25) is 0 Å². The van der Waals surface area contributed by atoms with E-state index in [-0.39, 0.29) is 24.6 Å². The number of hydrogen-bond donors (Lipinski definition) is 1. The molecule has 1 N–H and O–H groups in total. The van der Waals surface area contributed by atoms with E-state index >= 15 is 0 Å². The third-order valence-electron chi connectivity index (χ3n) is 5.90. The Labute approximate surface area is 199 Å². The Morgan fingerprint density at radius 3 is 2.70 bits per heavy atom. The molecule has 4 rings (SSSR count). The predicted octanol–water partition coefficient (Wildman–Crippen LogP) is 4.03. The molecule has 33 heavy (non-hydrogen) atoms. The maximum atomic E-state index is 12.4. The van der Waals surface area contributed by atoms with E-state index in [0.29, 0.717) is 11.7 Å². The van der Waals surface area contributed by atoms with E-state index in [1.807, 2.05) is 41.3 Å². The number of nitrogens with one attached hydrogen (secondary N) is 1. The molecule has 3 aromatic rings. The minimum atomic E-state index is -0.310. The second kappa shape index (κ2) is 9.62. The third-order valence-corrected chi connectivity index (χ3v) is 6.26. The Bertz CT molecular complexity index is 1160. The average Bonchev–Trinajstić information content (AvgIpc) is 3.29. The molecule has 1 saturated heterocycles. The lowest BCUT2D eigenvalue weighted by molar-refractivity contribution is -0.143. The van der Waals surface area contributed by atoms with Gasteiger partial charge in [0.2, 0.25) is 0 Å². The van der Waals surface area contributed by atoms with Crippen LogP contribution < -0.4 is 10.1 Å². The highest BCUT2D eigenvalue weighted by Crippen LogP contribution is 2.41. The highest BCUT2D eigenvalue weighted by atomic mass is 32.1. The highest BCUT2D eigenvalue weighted by molar-refractivity contribution is 7.80. The van der Waals surface area contributed by atoms with Crippen LogP contribution in [-0.4, -0.2) is 45.8 Å². The van der Waals surface area contributed by atoms with Gasteiger partial charge in [-0.2, -0.15) is 0 Å². The van der Waals surface area contributed by atoms with Crippen LogP contribution in [0, 0.1) is 13.8 Å². The highest BCUT2D eigenvalue weighted by Gasteiger charge is 2.42. The lowest BCUT2D eigenvalue weighted by Crippen LogP contribution is -2.35. The number of aryl methyl sites for hydroxylation is 1. The molecule has 0 saturated carbocycles. The van der Waals surface area contributed by atoms with Gasteiger partial charge in [0.1, 0.15) is 12.3 Å². The Kier molecular flexibility index (Phi) is 6.65. The first kappa shape index (κ1) is 22.8. The number of rotatable bonds is 7. The molecule has 3 heterocycles. The summed E-state index contributed by atoms with van der Waals surface area (Å²) in [5.41, 5.74) is 5.08. The molecule has 8 heteroatoms. The Balaban J connectivity index is 1.81. The van der Waals surface area contributed by atoms with Gasteiger partial charge in [-0.25, -0.2) is 0 Å². The fourth-order valence-electron chi connectivity index (χ4n) is 4.49. The molecule has 1 aliphatic rings. The number of carbonyl (C=O) groups excluding carboxylic acids is 1. The van der Waals surface area contributed by atoms with Gasteiger partial charge in [-0.3, -0.25) is 9.78 Å². The van der Waals surface area contributed by atoms with Gasteiger partial charge in [-0.15, -0.1) is 0 Å². The summed E-state index contributed by atoms with van der Waals surface area (Å²) in [6, 6.07) is 15.5. The van der Waals surface area contributed by atoms with Crippen molar-refractivity contribution in [3.63, 3.8) is 0 Å². The van der Waals surface area contributed by atoms with Crippen LogP contribution in [0.4, 0.5) is 0 Å².